The summed E-state index contributed by atoms with van der Waals surface area (Å²) in [6, 6.07) is 23.1. The van der Waals surface area contributed by atoms with Gasteiger partial charge in [-0.05, 0) is 30.2 Å². The van der Waals surface area contributed by atoms with E-state index in [9.17, 15) is 14.7 Å². The Kier molecular flexibility index (Phi) is 4.17. The number of fused-ring (bicyclic) bond motifs is 2. The topological polar surface area (TPSA) is 73.4 Å². The van der Waals surface area contributed by atoms with Crippen molar-refractivity contribution in [2.45, 2.75) is 13.0 Å². The maximum Gasteiger partial charge on any atom is 0.323 e. The van der Waals surface area contributed by atoms with Gasteiger partial charge < -0.3 is 15.0 Å². The number of nitrogens with one attached hydrogen (secondary N) is 1. The van der Waals surface area contributed by atoms with E-state index in [4.69, 9.17) is 0 Å². The average molecular weight is 396 g/mol. The number of carboxylic acids is 1. The lowest BCUT2D eigenvalue weighted by molar-refractivity contribution is -0.138. The third kappa shape index (κ3) is 2.78. The zero-order valence-corrected chi connectivity index (χ0v) is 16.4. The van der Waals surface area contributed by atoms with Crippen molar-refractivity contribution in [2.75, 3.05) is 6.54 Å². The Labute approximate surface area is 173 Å². The molecule has 148 valence electrons. The lowest BCUT2D eigenvalue weighted by atomic mass is 9.93. The molecule has 0 fully saturated rings. The van der Waals surface area contributed by atoms with Crippen LogP contribution in [0.25, 0.3) is 22.2 Å². The molecule has 4 aromatic rings. The van der Waals surface area contributed by atoms with Crippen molar-refractivity contribution < 1.29 is 14.7 Å². The molecule has 1 aliphatic rings. The van der Waals surface area contributed by atoms with Gasteiger partial charge in [0.2, 0.25) is 0 Å². The molecular weight excluding hydrogens is 376 g/mol. The molecule has 0 saturated heterocycles. The van der Waals surface area contributed by atoms with Gasteiger partial charge in [-0.3, -0.25) is 9.59 Å². The highest BCUT2D eigenvalue weighted by Crippen LogP contribution is 2.45. The number of nitrogens with zero attached hydrogens (tertiary/aromatic N) is 1. The van der Waals surface area contributed by atoms with Crippen molar-refractivity contribution in [3.8, 4) is 11.3 Å². The highest BCUT2D eigenvalue weighted by atomic mass is 16.4. The van der Waals surface area contributed by atoms with E-state index < -0.39 is 12.0 Å². The number of aromatic amines is 1. The number of para-hydroxylation sites is 1. The van der Waals surface area contributed by atoms with Gasteiger partial charge >= 0.3 is 5.97 Å². The summed E-state index contributed by atoms with van der Waals surface area (Å²) in [6.07, 6.45) is 0. The molecule has 0 radical (unpaired) electrons. The fourth-order valence-corrected chi connectivity index (χ4v) is 4.39. The van der Waals surface area contributed by atoms with Gasteiger partial charge in [0, 0.05) is 22.0 Å². The second kappa shape index (κ2) is 6.88. The first-order valence-electron chi connectivity index (χ1n) is 9.84. The van der Waals surface area contributed by atoms with Crippen molar-refractivity contribution in [2.24, 2.45) is 0 Å². The molecule has 0 aliphatic carbocycles. The second-order valence-corrected chi connectivity index (χ2v) is 7.64. The standard InChI is InChI=1S/C25H20N2O3/c1-15-10-12-16(13-11-15)23-22(19-8-4-5-9-20(19)26-23)24-17-6-2-3-7-18(17)25(30)27(24)14-21(28)29/h2-13,24,26H,14H2,1H3,(H,28,29)/t24-/m0/s1. The number of H-pyrrole nitrogens is 1. The number of carbonyl (C=O) groups excluding carboxylic acids is 1. The Hall–Kier alpha value is -3.86. The summed E-state index contributed by atoms with van der Waals surface area (Å²) < 4.78 is 0. The summed E-state index contributed by atoms with van der Waals surface area (Å²) in [5.74, 6) is -1.28. The zero-order valence-electron chi connectivity index (χ0n) is 16.4. The molecule has 5 rings (SSSR count). The van der Waals surface area contributed by atoms with E-state index in [1.807, 2.05) is 73.7 Å². The lowest BCUT2D eigenvalue weighted by Crippen LogP contribution is -2.34. The van der Waals surface area contributed by atoms with Crippen molar-refractivity contribution in [1.29, 1.82) is 0 Å². The number of aryl methyl sites for hydroxylation is 1. The summed E-state index contributed by atoms with van der Waals surface area (Å²) in [6.45, 7) is 1.68. The Balaban J connectivity index is 1.80. The number of carbonyl (C=O) groups is 2. The molecule has 0 bridgehead atoms. The third-order valence-electron chi connectivity index (χ3n) is 5.72. The molecule has 1 aromatic heterocycles. The summed E-state index contributed by atoms with van der Waals surface area (Å²) in [4.78, 5) is 29.7. The van der Waals surface area contributed by atoms with Gasteiger partial charge in [0.15, 0.2) is 0 Å². The Morgan fingerprint density at radius 1 is 1.00 bits per heavy atom. The number of hydrogen-bond acceptors (Lipinski definition) is 2. The van der Waals surface area contributed by atoms with Crippen LogP contribution >= 0.6 is 0 Å². The summed E-state index contributed by atoms with van der Waals surface area (Å²) in [5.41, 5.74) is 6.33. The zero-order chi connectivity index (χ0) is 20.8. The number of aromatic nitrogens is 1. The van der Waals surface area contributed by atoms with E-state index in [0.717, 1.165) is 38.9 Å². The van der Waals surface area contributed by atoms with Gasteiger partial charge in [0.1, 0.15) is 6.54 Å². The SMILES string of the molecule is Cc1ccc(-c2[nH]c3ccccc3c2[C@@H]2c3ccccc3C(=O)N2CC(=O)O)cc1. The van der Waals surface area contributed by atoms with Crippen LogP contribution in [0.4, 0.5) is 0 Å². The number of rotatable bonds is 4. The van der Waals surface area contributed by atoms with E-state index in [2.05, 4.69) is 4.98 Å². The molecule has 0 saturated carbocycles. The van der Waals surface area contributed by atoms with Crippen molar-refractivity contribution in [3.63, 3.8) is 0 Å². The van der Waals surface area contributed by atoms with Gasteiger partial charge in [-0.1, -0.05) is 66.2 Å². The Morgan fingerprint density at radius 3 is 2.47 bits per heavy atom. The van der Waals surface area contributed by atoms with Crippen LogP contribution < -0.4 is 0 Å². The lowest BCUT2D eigenvalue weighted by Gasteiger charge is -2.25. The van der Waals surface area contributed by atoms with E-state index in [0.29, 0.717) is 5.56 Å². The van der Waals surface area contributed by atoms with Crippen LogP contribution in [0.15, 0.2) is 72.8 Å². The first-order chi connectivity index (χ1) is 14.5. The van der Waals surface area contributed by atoms with Crippen LogP contribution in [0.5, 0.6) is 0 Å². The van der Waals surface area contributed by atoms with E-state index in [1.54, 1.807) is 6.07 Å². The highest BCUT2D eigenvalue weighted by Gasteiger charge is 2.40. The first kappa shape index (κ1) is 18.2. The van der Waals surface area contributed by atoms with Crippen LogP contribution in [0.1, 0.15) is 33.1 Å². The molecule has 0 spiro atoms. The van der Waals surface area contributed by atoms with Crippen molar-refractivity contribution in [3.05, 3.63) is 95.1 Å². The molecule has 1 amide bonds. The predicted octanol–water partition coefficient (Wildman–Crippen LogP) is 4.77. The maximum absolute atomic E-state index is 13.1. The van der Waals surface area contributed by atoms with Crippen molar-refractivity contribution >= 4 is 22.8 Å². The number of benzene rings is 3. The van der Waals surface area contributed by atoms with Crippen LogP contribution in [0, 0.1) is 6.92 Å². The predicted molar refractivity (Wildman–Crippen MR) is 115 cm³/mol. The quantitative estimate of drug-likeness (QED) is 0.522. The summed E-state index contributed by atoms with van der Waals surface area (Å²) in [7, 11) is 0. The molecule has 5 nitrogen and oxygen atoms in total. The molecule has 1 aliphatic heterocycles. The van der Waals surface area contributed by atoms with Crippen molar-refractivity contribution in [1.82, 2.24) is 9.88 Å². The van der Waals surface area contributed by atoms with Gasteiger partial charge in [0.05, 0.1) is 11.7 Å². The number of carboxylic acid groups (broad SMARTS) is 1. The third-order valence-corrected chi connectivity index (χ3v) is 5.72. The second-order valence-electron chi connectivity index (χ2n) is 7.64. The van der Waals surface area contributed by atoms with Crippen LogP contribution in [-0.4, -0.2) is 33.4 Å². The van der Waals surface area contributed by atoms with Gasteiger partial charge in [0.25, 0.3) is 5.91 Å². The molecule has 5 heteroatoms. The van der Waals surface area contributed by atoms with Crippen LogP contribution in [0.3, 0.4) is 0 Å². The van der Waals surface area contributed by atoms with E-state index in [-0.39, 0.29) is 12.5 Å². The van der Waals surface area contributed by atoms with Crippen LogP contribution in [0.2, 0.25) is 0 Å². The molecule has 3 aromatic carbocycles. The van der Waals surface area contributed by atoms with Gasteiger partial charge in [-0.25, -0.2) is 0 Å². The summed E-state index contributed by atoms with van der Waals surface area (Å²) >= 11 is 0. The number of aliphatic carboxylic acids is 1. The minimum Gasteiger partial charge on any atom is -0.480 e. The molecule has 2 N–H and O–H groups in total. The number of amides is 1. The minimum atomic E-state index is -1.03. The molecule has 30 heavy (non-hydrogen) atoms. The molecule has 2 heterocycles. The smallest absolute Gasteiger partial charge is 0.323 e. The van der Waals surface area contributed by atoms with E-state index in [1.165, 1.54) is 4.90 Å². The van der Waals surface area contributed by atoms with E-state index >= 15 is 0 Å². The summed E-state index contributed by atoms with van der Waals surface area (Å²) in [5, 5.41) is 10.5. The first-order valence-corrected chi connectivity index (χ1v) is 9.84. The fraction of sp³-hybridized carbons (Fsp3) is 0.120. The van der Waals surface area contributed by atoms with Gasteiger partial charge in [-0.2, -0.15) is 0 Å². The molecule has 0 unspecified atom stereocenters. The monoisotopic (exact) mass is 396 g/mol. The van der Waals surface area contributed by atoms with Gasteiger partial charge in [-0.15, -0.1) is 0 Å². The Morgan fingerprint density at radius 2 is 1.70 bits per heavy atom. The fourth-order valence-electron chi connectivity index (χ4n) is 4.39. The minimum absolute atomic E-state index is 0.252. The molecular formula is C25H20N2O3. The number of hydrogen-bond donors (Lipinski definition) is 2. The highest BCUT2D eigenvalue weighted by molar-refractivity contribution is 6.03. The average Bonchev–Trinajstić information content (AvgIpc) is 3.24. The van der Waals surface area contributed by atoms with Crippen LogP contribution in [-0.2, 0) is 4.79 Å². The normalized spacial score (nSPS) is 15.6. The largest absolute Gasteiger partial charge is 0.480 e. The maximum atomic E-state index is 13.1. The Bertz CT molecular complexity index is 1290. The molecule has 1 atom stereocenters.